The lowest BCUT2D eigenvalue weighted by molar-refractivity contribution is -0.141. The number of carbonyl (C=O) groups is 3. The van der Waals surface area contributed by atoms with Crippen molar-refractivity contribution in [1.82, 2.24) is 20.5 Å². The van der Waals surface area contributed by atoms with Crippen LogP contribution in [0.5, 0.6) is 0 Å². The zero-order valence-corrected chi connectivity index (χ0v) is 19.0. The van der Waals surface area contributed by atoms with Gasteiger partial charge in [0, 0.05) is 26.4 Å². The van der Waals surface area contributed by atoms with Crippen LogP contribution in [0, 0.1) is 12.8 Å². The standard InChI is InChI=1S/C23H28N4O4S/c1-13-21(32-12-25-13)17-5-3-15(4-6-17)10-24-22(30)19-9-18(29)11-27(19)23(31)20(16-7-8-16)26-14(2)28/h3-6,12,16,18-20,29H,7-11H2,1-2H3,(H,24,30)(H,26,28). The number of aryl methyl sites for hydroxylation is 1. The first kappa shape index (κ1) is 22.4. The predicted octanol–water partition coefficient (Wildman–Crippen LogP) is 1.61. The predicted molar refractivity (Wildman–Crippen MR) is 121 cm³/mol. The van der Waals surface area contributed by atoms with E-state index in [9.17, 15) is 19.5 Å². The third kappa shape index (κ3) is 4.99. The number of thiazole rings is 1. The third-order valence-corrected chi connectivity index (χ3v) is 6.99. The van der Waals surface area contributed by atoms with E-state index in [0.29, 0.717) is 6.54 Å². The van der Waals surface area contributed by atoms with Crippen LogP contribution in [0.25, 0.3) is 10.4 Å². The van der Waals surface area contributed by atoms with Gasteiger partial charge in [-0.1, -0.05) is 24.3 Å². The van der Waals surface area contributed by atoms with Gasteiger partial charge >= 0.3 is 0 Å². The highest BCUT2D eigenvalue weighted by Gasteiger charge is 2.45. The van der Waals surface area contributed by atoms with Crippen LogP contribution >= 0.6 is 11.3 Å². The summed E-state index contributed by atoms with van der Waals surface area (Å²) in [6.45, 7) is 3.78. The lowest BCUT2D eigenvalue weighted by Crippen LogP contribution is -2.54. The molecule has 0 spiro atoms. The number of aromatic nitrogens is 1. The first-order chi connectivity index (χ1) is 15.3. The maximum Gasteiger partial charge on any atom is 0.246 e. The van der Waals surface area contributed by atoms with Crippen molar-refractivity contribution in [3.63, 3.8) is 0 Å². The van der Waals surface area contributed by atoms with Gasteiger partial charge in [0.1, 0.15) is 12.1 Å². The second kappa shape index (κ2) is 9.38. The number of nitrogens with zero attached hydrogens (tertiary/aromatic N) is 2. The number of β-amino-alcohol motifs (C(OH)–C–C–N with tert-alkyl or cyclic N) is 1. The molecule has 2 fully saturated rings. The zero-order chi connectivity index (χ0) is 22.8. The molecule has 1 saturated carbocycles. The summed E-state index contributed by atoms with van der Waals surface area (Å²) in [4.78, 5) is 44.4. The number of amides is 3. The molecular formula is C23H28N4O4S. The Kier molecular flexibility index (Phi) is 6.57. The highest BCUT2D eigenvalue weighted by atomic mass is 32.1. The minimum Gasteiger partial charge on any atom is -0.391 e. The number of benzene rings is 1. The number of aliphatic hydroxyl groups excluding tert-OH is 1. The lowest BCUT2D eigenvalue weighted by Gasteiger charge is -2.28. The molecule has 3 N–H and O–H groups in total. The Morgan fingerprint density at radius 2 is 1.97 bits per heavy atom. The lowest BCUT2D eigenvalue weighted by atomic mass is 10.1. The van der Waals surface area contributed by atoms with Gasteiger partial charge in [0.2, 0.25) is 17.7 Å². The van der Waals surface area contributed by atoms with E-state index in [1.807, 2.05) is 36.7 Å². The Hall–Kier alpha value is -2.78. The first-order valence-corrected chi connectivity index (χ1v) is 11.7. The second-order valence-corrected chi connectivity index (χ2v) is 9.45. The second-order valence-electron chi connectivity index (χ2n) is 8.59. The topological polar surface area (TPSA) is 112 Å². The summed E-state index contributed by atoms with van der Waals surface area (Å²) in [6.07, 6.45) is 1.19. The van der Waals surface area contributed by atoms with E-state index >= 15 is 0 Å². The van der Waals surface area contributed by atoms with Crippen LogP contribution < -0.4 is 10.6 Å². The van der Waals surface area contributed by atoms with Crippen molar-refractivity contribution < 1.29 is 19.5 Å². The molecule has 1 saturated heterocycles. The van der Waals surface area contributed by atoms with E-state index in [4.69, 9.17) is 0 Å². The Bertz CT molecular complexity index is 1000. The number of rotatable bonds is 7. The average molecular weight is 457 g/mol. The Balaban J connectivity index is 1.39. The number of hydrogen-bond donors (Lipinski definition) is 3. The van der Waals surface area contributed by atoms with Crippen molar-refractivity contribution >= 4 is 29.1 Å². The zero-order valence-electron chi connectivity index (χ0n) is 18.2. The van der Waals surface area contributed by atoms with Gasteiger partial charge in [-0.25, -0.2) is 4.98 Å². The monoisotopic (exact) mass is 456 g/mol. The van der Waals surface area contributed by atoms with Gasteiger partial charge < -0.3 is 20.6 Å². The molecular weight excluding hydrogens is 428 g/mol. The molecule has 0 bridgehead atoms. The maximum absolute atomic E-state index is 13.1. The van der Waals surface area contributed by atoms with Gasteiger partial charge in [0.25, 0.3) is 0 Å². The summed E-state index contributed by atoms with van der Waals surface area (Å²) < 4.78 is 0. The van der Waals surface area contributed by atoms with Crippen LogP contribution in [0.1, 0.15) is 37.4 Å². The van der Waals surface area contributed by atoms with Crippen molar-refractivity contribution in [2.24, 2.45) is 5.92 Å². The first-order valence-electron chi connectivity index (χ1n) is 10.9. The molecule has 3 unspecified atom stereocenters. The van der Waals surface area contributed by atoms with E-state index in [2.05, 4.69) is 15.6 Å². The van der Waals surface area contributed by atoms with Crippen molar-refractivity contribution in [3.8, 4) is 10.4 Å². The summed E-state index contributed by atoms with van der Waals surface area (Å²) >= 11 is 1.59. The van der Waals surface area contributed by atoms with E-state index in [-0.39, 0.29) is 36.6 Å². The average Bonchev–Trinajstić information content (AvgIpc) is 3.40. The van der Waals surface area contributed by atoms with E-state index in [0.717, 1.165) is 34.5 Å². The van der Waals surface area contributed by atoms with E-state index in [1.165, 1.54) is 11.8 Å². The molecule has 2 aromatic rings. The maximum atomic E-state index is 13.1. The van der Waals surface area contributed by atoms with E-state index < -0.39 is 18.2 Å². The summed E-state index contributed by atoms with van der Waals surface area (Å²) in [5.74, 6) is -0.750. The van der Waals surface area contributed by atoms with Gasteiger partial charge in [0.15, 0.2) is 0 Å². The summed E-state index contributed by atoms with van der Waals surface area (Å²) in [5.41, 5.74) is 4.83. The molecule has 1 aliphatic heterocycles. The van der Waals surface area contributed by atoms with Crippen molar-refractivity contribution in [2.75, 3.05) is 6.54 Å². The number of carbonyl (C=O) groups excluding carboxylic acids is 3. The summed E-state index contributed by atoms with van der Waals surface area (Å²) in [5, 5.41) is 15.8. The molecule has 2 heterocycles. The molecule has 3 atom stereocenters. The fourth-order valence-electron chi connectivity index (χ4n) is 4.17. The number of likely N-dealkylation sites (tertiary alicyclic amines) is 1. The van der Waals surface area contributed by atoms with Crippen LogP contribution in [0.15, 0.2) is 29.8 Å². The SMILES string of the molecule is CC(=O)NC(C(=O)N1CC(O)CC1C(=O)NCc1ccc(-c2scnc2C)cc1)C1CC1. The molecule has 32 heavy (non-hydrogen) atoms. The van der Waals surface area contributed by atoms with Gasteiger partial charge in [-0.05, 0) is 36.8 Å². The molecule has 4 rings (SSSR count). The highest BCUT2D eigenvalue weighted by Crippen LogP contribution is 2.34. The van der Waals surface area contributed by atoms with Crippen LogP contribution in [-0.2, 0) is 20.9 Å². The summed E-state index contributed by atoms with van der Waals surface area (Å²) in [6, 6.07) is 6.56. The smallest absolute Gasteiger partial charge is 0.246 e. The van der Waals surface area contributed by atoms with Crippen LogP contribution in [0.2, 0.25) is 0 Å². The molecule has 1 aromatic heterocycles. The fourth-order valence-corrected chi connectivity index (χ4v) is 4.99. The molecule has 9 heteroatoms. The van der Waals surface area contributed by atoms with Crippen molar-refractivity contribution in [3.05, 3.63) is 41.0 Å². The molecule has 8 nitrogen and oxygen atoms in total. The number of aliphatic hydroxyl groups is 1. The number of nitrogens with one attached hydrogen (secondary N) is 2. The van der Waals surface area contributed by atoms with E-state index in [1.54, 1.807) is 11.3 Å². The molecule has 1 aromatic carbocycles. The van der Waals surface area contributed by atoms with Crippen molar-refractivity contribution in [1.29, 1.82) is 0 Å². The third-order valence-electron chi connectivity index (χ3n) is 6.01. The Morgan fingerprint density at radius 3 is 2.56 bits per heavy atom. The normalized spacial score (nSPS) is 21.3. The molecule has 3 amide bonds. The van der Waals surface area contributed by atoms with Crippen LogP contribution in [0.4, 0.5) is 0 Å². The van der Waals surface area contributed by atoms with Crippen LogP contribution in [-0.4, -0.2) is 57.4 Å². The molecule has 170 valence electrons. The molecule has 1 aliphatic carbocycles. The fraction of sp³-hybridized carbons (Fsp3) is 0.478. The quantitative estimate of drug-likeness (QED) is 0.586. The van der Waals surface area contributed by atoms with Crippen LogP contribution in [0.3, 0.4) is 0 Å². The minimum atomic E-state index is -0.756. The molecule has 0 radical (unpaired) electrons. The minimum absolute atomic E-state index is 0.0998. The van der Waals surface area contributed by atoms with Crippen molar-refractivity contribution in [2.45, 2.75) is 57.8 Å². The molecule has 2 aliphatic rings. The van der Waals surface area contributed by atoms with Gasteiger partial charge in [-0.3, -0.25) is 14.4 Å². The highest BCUT2D eigenvalue weighted by molar-refractivity contribution is 7.13. The summed E-state index contributed by atoms with van der Waals surface area (Å²) in [7, 11) is 0. The number of hydrogen-bond acceptors (Lipinski definition) is 6. The van der Waals surface area contributed by atoms with Gasteiger partial charge in [-0.2, -0.15) is 0 Å². The van der Waals surface area contributed by atoms with Gasteiger partial charge in [0.05, 0.1) is 22.2 Å². The largest absolute Gasteiger partial charge is 0.391 e. The Labute approximate surface area is 191 Å². The van der Waals surface area contributed by atoms with Gasteiger partial charge in [-0.15, -0.1) is 11.3 Å². The Morgan fingerprint density at radius 1 is 1.25 bits per heavy atom.